The maximum absolute atomic E-state index is 11.0. The van der Waals surface area contributed by atoms with Crippen molar-refractivity contribution in [1.82, 2.24) is 4.98 Å². The molecule has 0 fully saturated rings. The molecule has 5 nitrogen and oxygen atoms in total. The van der Waals surface area contributed by atoms with E-state index in [0.717, 1.165) is 0 Å². The third-order valence-corrected chi connectivity index (χ3v) is 1.43. The molecule has 0 amide bonds. The van der Waals surface area contributed by atoms with Crippen molar-refractivity contribution >= 4 is 11.7 Å². The van der Waals surface area contributed by atoms with E-state index in [1.807, 2.05) is 6.07 Å². The van der Waals surface area contributed by atoms with Crippen molar-refractivity contribution in [3.05, 3.63) is 23.5 Å². The van der Waals surface area contributed by atoms with Crippen LogP contribution in [-0.4, -0.2) is 18.1 Å². The Morgan fingerprint density at radius 1 is 1.77 bits per heavy atom. The summed E-state index contributed by atoms with van der Waals surface area (Å²) >= 11 is 0. The molecule has 0 bridgehead atoms. The third-order valence-electron chi connectivity index (χ3n) is 1.43. The molecule has 1 aromatic rings. The smallest absolute Gasteiger partial charge is 0.358 e. The lowest BCUT2D eigenvalue weighted by Gasteiger charge is -2.01. The number of hydrogen-bond donors (Lipinski definition) is 1. The van der Waals surface area contributed by atoms with Gasteiger partial charge in [0.25, 0.3) is 0 Å². The van der Waals surface area contributed by atoms with Gasteiger partial charge in [0, 0.05) is 6.20 Å². The average Bonchev–Trinajstić information content (AvgIpc) is 2.16. The van der Waals surface area contributed by atoms with Crippen molar-refractivity contribution in [1.29, 1.82) is 5.26 Å². The van der Waals surface area contributed by atoms with E-state index in [4.69, 9.17) is 11.0 Å². The summed E-state index contributed by atoms with van der Waals surface area (Å²) < 4.78 is 4.43. The molecule has 0 atom stereocenters. The lowest BCUT2D eigenvalue weighted by molar-refractivity contribution is 0.0595. The second kappa shape index (κ2) is 3.54. The number of methoxy groups -OCH3 is 1. The predicted molar refractivity (Wildman–Crippen MR) is 44.7 cm³/mol. The summed E-state index contributed by atoms with van der Waals surface area (Å²) in [7, 11) is 1.24. The molecule has 2 N–H and O–H groups in total. The molecule has 0 aliphatic carbocycles. The normalized spacial score (nSPS) is 8.92. The molecular formula is C8H7N3O2. The number of esters is 1. The summed E-state index contributed by atoms with van der Waals surface area (Å²) in [4.78, 5) is 14.7. The Balaban J connectivity index is 3.14. The Kier molecular flexibility index (Phi) is 2.45. The van der Waals surface area contributed by atoms with Crippen molar-refractivity contribution < 1.29 is 9.53 Å². The van der Waals surface area contributed by atoms with Gasteiger partial charge in [-0.05, 0) is 6.07 Å². The number of anilines is 1. The molecular weight excluding hydrogens is 170 g/mol. The monoisotopic (exact) mass is 177 g/mol. The average molecular weight is 177 g/mol. The van der Waals surface area contributed by atoms with Crippen molar-refractivity contribution in [3.63, 3.8) is 0 Å². The molecule has 13 heavy (non-hydrogen) atoms. The van der Waals surface area contributed by atoms with E-state index in [9.17, 15) is 4.79 Å². The fraction of sp³-hybridized carbons (Fsp3) is 0.125. The Morgan fingerprint density at radius 2 is 2.46 bits per heavy atom. The van der Waals surface area contributed by atoms with E-state index in [-0.39, 0.29) is 11.4 Å². The number of rotatable bonds is 1. The molecule has 1 rings (SSSR count). The Bertz CT molecular complexity index is 381. The van der Waals surface area contributed by atoms with E-state index >= 15 is 0 Å². The quantitative estimate of drug-likeness (QED) is 0.624. The van der Waals surface area contributed by atoms with Gasteiger partial charge in [0.2, 0.25) is 0 Å². The number of carbonyl (C=O) groups excluding carboxylic acids is 1. The van der Waals surface area contributed by atoms with Crippen LogP contribution in [0.2, 0.25) is 0 Å². The predicted octanol–water partition coefficient (Wildman–Crippen LogP) is 0.322. The summed E-state index contributed by atoms with van der Waals surface area (Å²) in [5, 5.41) is 8.49. The number of nitrogens with two attached hydrogens (primary N) is 1. The van der Waals surface area contributed by atoms with Gasteiger partial charge in [-0.25, -0.2) is 9.78 Å². The van der Waals surface area contributed by atoms with Gasteiger partial charge in [0.1, 0.15) is 6.07 Å². The van der Waals surface area contributed by atoms with Crippen molar-refractivity contribution in [2.45, 2.75) is 0 Å². The van der Waals surface area contributed by atoms with E-state index < -0.39 is 5.97 Å². The summed E-state index contributed by atoms with van der Waals surface area (Å²) in [5.41, 5.74) is 5.94. The number of pyridine rings is 1. The van der Waals surface area contributed by atoms with Gasteiger partial charge < -0.3 is 10.5 Å². The highest BCUT2D eigenvalue weighted by atomic mass is 16.5. The molecule has 0 saturated heterocycles. The summed E-state index contributed by atoms with van der Waals surface area (Å²) in [5.74, 6) is -0.609. The standard InChI is InChI=1S/C8H7N3O2/c1-13-8(12)7-6(10)2-5(3-9)4-11-7/h2,4H,10H2,1H3. The van der Waals surface area contributed by atoms with Crippen LogP contribution in [0.25, 0.3) is 0 Å². The van der Waals surface area contributed by atoms with Gasteiger partial charge in [0.05, 0.1) is 18.4 Å². The maximum atomic E-state index is 11.0. The van der Waals surface area contributed by atoms with Gasteiger partial charge in [0.15, 0.2) is 5.69 Å². The fourth-order valence-corrected chi connectivity index (χ4v) is 0.810. The highest BCUT2D eigenvalue weighted by Crippen LogP contribution is 2.10. The molecule has 1 heterocycles. The van der Waals surface area contributed by atoms with E-state index in [1.54, 1.807) is 0 Å². The van der Waals surface area contributed by atoms with Gasteiger partial charge >= 0.3 is 5.97 Å². The Morgan fingerprint density at radius 3 is 2.92 bits per heavy atom. The molecule has 0 radical (unpaired) electrons. The number of nitrogen functional groups attached to an aromatic ring is 1. The molecule has 0 spiro atoms. The van der Waals surface area contributed by atoms with E-state index in [1.165, 1.54) is 19.4 Å². The molecule has 0 aliphatic rings. The highest BCUT2D eigenvalue weighted by molar-refractivity contribution is 5.92. The minimum atomic E-state index is -0.609. The molecule has 5 heteroatoms. The van der Waals surface area contributed by atoms with Crippen molar-refractivity contribution in [2.24, 2.45) is 0 Å². The fourth-order valence-electron chi connectivity index (χ4n) is 0.810. The van der Waals surface area contributed by atoms with Crippen LogP contribution in [0.1, 0.15) is 16.1 Å². The zero-order chi connectivity index (χ0) is 9.84. The highest BCUT2D eigenvalue weighted by Gasteiger charge is 2.11. The lowest BCUT2D eigenvalue weighted by Crippen LogP contribution is -2.08. The third kappa shape index (κ3) is 1.73. The molecule has 66 valence electrons. The first-order chi connectivity index (χ1) is 6.19. The maximum Gasteiger partial charge on any atom is 0.358 e. The molecule has 0 aromatic carbocycles. The number of hydrogen-bond acceptors (Lipinski definition) is 5. The van der Waals surface area contributed by atoms with Crippen molar-refractivity contribution in [3.8, 4) is 6.07 Å². The minimum absolute atomic E-state index is 0.0292. The lowest BCUT2D eigenvalue weighted by atomic mass is 10.2. The zero-order valence-corrected chi connectivity index (χ0v) is 6.94. The Hall–Kier alpha value is -2.09. The van der Waals surface area contributed by atoms with Gasteiger partial charge in [-0.3, -0.25) is 0 Å². The largest absolute Gasteiger partial charge is 0.464 e. The molecule has 0 aliphatic heterocycles. The second-order valence-corrected chi connectivity index (χ2v) is 2.27. The van der Waals surface area contributed by atoms with Crippen LogP contribution in [-0.2, 0) is 4.74 Å². The first-order valence-electron chi connectivity index (χ1n) is 3.43. The minimum Gasteiger partial charge on any atom is -0.464 e. The number of carbonyl (C=O) groups is 1. The van der Waals surface area contributed by atoms with Crippen LogP contribution in [0, 0.1) is 11.3 Å². The Labute approximate surface area is 74.8 Å². The number of nitrogens with zero attached hydrogens (tertiary/aromatic N) is 2. The summed E-state index contributed by atoms with van der Waals surface area (Å²) in [6.07, 6.45) is 1.27. The number of nitriles is 1. The van der Waals surface area contributed by atoms with Gasteiger partial charge in [-0.2, -0.15) is 5.26 Å². The topological polar surface area (TPSA) is 89.0 Å². The van der Waals surface area contributed by atoms with Crippen LogP contribution in [0.15, 0.2) is 12.3 Å². The number of ether oxygens (including phenoxy) is 1. The van der Waals surface area contributed by atoms with Crippen LogP contribution in [0.5, 0.6) is 0 Å². The van der Waals surface area contributed by atoms with Gasteiger partial charge in [-0.1, -0.05) is 0 Å². The van der Waals surface area contributed by atoms with E-state index in [2.05, 4.69) is 9.72 Å². The number of aromatic nitrogens is 1. The first kappa shape index (κ1) is 9.00. The summed E-state index contributed by atoms with van der Waals surface area (Å²) in [6, 6.07) is 3.23. The van der Waals surface area contributed by atoms with Gasteiger partial charge in [-0.15, -0.1) is 0 Å². The first-order valence-corrected chi connectivity index (χ1v) is 3.43. The SMILES string of the molecule is COC(=O)c1ncc(C#N)cc1N. The summed E-state index contributed by atoms with van der Waals surface area (Å²) in [6.45, 7) is 0. The second-order valence-electron chi connectivity index (χ2n) is 2.27. The molecule has 0 saturated carbocycles. The van der Waals surface area contributed by atoms with Crippen LogP contribution in [0.4, 0.5) is 5.69 Å². The zero-order valence-electron chi connectivity index (χ0n) is 6.94. The van der Waals surface area contributed by atoms with Crippen molar-refractivity contribution in [2.75, 3.05) is 12.8 Å². The molecule has 0 unspecified atom stereocenters. The van der Waals surface area contributed by atoms with Crippen LogP contribution in [0.3, 0.4) is 0 Å². The van der Waals surface area contributed by atoms with Crippen LogP contribution < -0.4 is 5.73 Å². The van der Waals surface area contributed by atoms with E-state index in [0.29, 0.717) is 5.56 Å². The molecule has 1 aromatic heterocycles. The van der Waals surface area contributed by atoms with Crippen LogP contribution >= 0.6 is 0 Å².